The predicted molar refractivity (Wildman–Crippen MR) is 110 cm³/mol. The molecular weight excluding hydrogens is 336 g/mol. The molecule has 0 N–H and O–H groups in total. The summed E-state index contributed by atoms with van der Waals surface area (Å²) in [6.07, 6.45) is 2.04. The molecule has 3 aromatic rings. The standard InChI is InChI=1S/C23H21N2S/c1-3-24-19(17-16-18-10-5-6-12-20(18)24)11-9-15-23-25(4-2)21-13-7-8-14-22(21)26-23/h5-8,10,12-17H,3-4H2,1-2H3/q+1. The first-order chi connectivity index (χ1) is 12.8. The molecule has 26 heavy (non-hydrogen) atoms. The molecule has 0 amide bonds. The minimum atomic E-state index is 0.906. The van der Waals surface area contributed by atoms with Crippen molar-refractivity contribution in [1.82, 2.24) is 0 Å². The Kier molecular flexibility index (Phi) is 4.69. The summed E-state index contributed by atoms with van der Waals surface area (Å²) in [5.74, 6) is 6.64. The number of aromatic nitrogens is 1. The zero-order valence-electron chi connectivity index (χ0n) is 15.1. The summed E-state index contributed by atoms with van der Waals surface area (Å²) in [6.45, 7) is 6.20. The van der Waals surface area contributed by atoms with E-state index in [1.54, 1.807) is 11.8 Å². The van der Waals surface area contributed by atoms with Crippen LogP contribution < -0.4 is 9.47 Å². The van der Waals surface area contributed by atoms with Gasteiger partial charge in [0.05, 0.1) is 10.7 Å². The Morgan fingerprint density at radius 3 is 2.65 bits per heavy atom. The molecule has 4 rings (SSSR count). The summed E-state index contributed by atoms with van der Waals surface area (Å²) in [4.78, 5) is 3.62. The third kappa shape index (κ3) is 2.98. The van der Waals surface area contributed by atoms with Crippen molar-refractivity contribution in [3.05, 3.63) is 77.5 Å². The zero-order chi connectivity index (χ0) is 17.9. The van der Waals surface area contributed by atoms with E-state index >= 15 is 0 Å². The van der Waals surface area contributed by atoms with Gasteiger partial charge in [-0.3, -0.25) is 0 Å². The van der Waals surface area contributed by atoms with Gasteiger partial charge in [-0.2, -0.15) is 4.57 Å². The van der Waals surface area contributed by atoms with Crippen molar-refractivity contribution < 1.29 is 4.57 Å². The molecule has 1 aliphatic rings. The first-order valence-corrected chi connectivity index (χ1v) is 9.81. The molecule has 0 radical (unpaired) electrons. The second kappa shape index (κ2) is 7.27. The second-order valence-corrected chi connectivity index (χ2v) is 7.15. The van der Waals surface area contributed by atoms with Crippen LogP contribution in [0.3, 0.4) is 0 Å². The number of aryl methyl sites for hydroxylation is 1. The molecule has 0 saturated heterocycles. The lowest BCUT2D eigenvalue weighted by atomic mass is 10.2. The molecule has 0 bridgehead atoms. The monoisotopic (exact) mass is 357 g/mol. The molecule has 1 aromatic heterocycles. The van der Waals surface area contributed by atoms with Gasteiger partial charge in [0.2, 0.25) is 5.52 Å². The number of allylic oxidation sites excluding steroid dienone is 1. The highest BCUT2D eigenvalue weighted by Gasteiger charge is 2.22. The number of fused-ring (bicyclic) bond motifs is 2. The minimum Gasteiger partial charge on any atom is -0.335 e. The molecule has 128 valence electrons. The van der Waals surface area contributed by atoms with Crippen molar-refractivity contribution in [3.63, 3.8) is 0 Å². The molecule has 2 nitrogen and oxygen atoms in total. The van der Waals surface area contributed by atoms with Crippen LogP contribution in [0.5, 0.6) is 0 Å². The van der Waals surface area contributed by atoms with E-state index in [2.05, 4.69) is 95.8 Å². The number of para-hydroxylation sites is 2. The maximum atomic E-state index is 3.35. The largest absolute Gasteiger partial charge is 0.335 e. The van der Waals surface area contributed by atoms with E-state index in [1.165, 1.54) is 26.5 Å². The Bertz CT molecular complexity index is 1060. The number of hydrogen-bond donors (Lipinski definition) is 0. The summed E-state index contributed by atoms with van der Waals surface area (Å²) in [5.41, 5.74) is 3.56. The van der Waals surface area contributed by atoms with E-state index in [4.69, 9.17) is 0 Å². The quantitative estimate of drug-likeness (QED) is 0.472. The predicted octanol–water partition coefficient (Wildman–Crippen LogP) is 4.97. The van der Waals surface area contributed by atoms with Gasteiger partial charge in [0, 0.05) is 41.0 Å². The van der Waals surface area contributed by atoms with Crippen molar-refractivity contribution >= 4 is 28.4 Å². The van der Waals surface area contributed by atoms with E-state index in [1.807, 2.05) is 6.08 Å². The number of nitrogens with zero attached hydrogens (tertiary/aromatic N) is 2. The highest BCUT2D eigenvalue weighted by molar-refractivity contribution is 8.03. The van der Waals surface area contributed by atoms with Crippen LogP contribution in [0.15, 0.2) is 76.7 Å². The van der Waals surface area contributed by atoms with Crippen LogP contribution in [0.2, 0.25) is 0 Å². The number of benzene rings is 2. The molecule has 3 heteroatoms. The zero-order valence-corrected chi connectivity index (χ0v) is 15.9. The maximum absolute atomic E-state index is 3.35. The third-order valence-corrected chi connectivity index (χ3v) is 5.72. The number of thioether (sulfide) groups is 1. The van der Waals surface area contributed by atoms with E-state index in [0.717, 1.165) is 18.8 Å². The smallest absolute Gasteiger partial charge is 0.257 e. The van der Waals surface area contributed by atoms with Gasteiger partial charge in [-0.15, -0.1) is 0 Å². The van der Waals surface area contributed by atoms with Crippen LogP contribution in [-0.4, -0.2) is 6.54 Å². The maximum Gasteiger partial charge on any atom is 0.257 e. The highest BCUT2D eigenvalue weighted by Crippen LogP contribution is 2.45. The Morgan fingerprint density at radius 2 is 1.81 bits per heavy atom. The molecule has 0 unspecified atom stereocenters. The van der Waals surface area contributed by atoms with Gasteiger partial charge in [-0.05, 0) is 38.1 Å². The summed E-state index contributed by atoms with van der Waals surface area (Å²) < 4.78 is 2.27. The van der Waals surface area contributed by atoms with E-state index in [-0.39, 0.29) is 0 Å². The average Bonchev–Trinajstić information content (AvgIpc) is 3.05. The van der Waals surface area contributed by atoms with E-state index in [9.17, 15) is 0 Å². The summed E-state index contributed by atoms with van der Waals surface area (Å²) in [5, 5.41) is 2.45. The Balaban J connectivity index is 1.69. The molecular formula is C23H21N2S+. The fraction of sp³-hybridized carbons (Fsp3) is 0.174. The van der Waals surface area contributed by atoms with Gasteiger partial charge in [0.15, 0.2) is 0 Å². The van der Waals surface area contributed by atoms with Crippen molar-refractivity contribution in [1.29, 1.82) is 0 Å². The number of hydrogen-bond acceptors (Lipinski definition) is 2. The van der Waals surface area contributed by atoms with Crippen molar-refractivity contribution in [3.8, 4) is 11.8 Å². The summed E-state index contributed by atoms with van der Waals surface area (Å²) >= 11 is 1.79. The van der Waals surface area contributed by atoms with Crippen LogP contribution in [0, 0.1) is 11.8 Å². The lowest BCUT2D eigenvalue weighted by Gasteiger charge is -2.16. The molecule has 0 saturated carbocycles. The van der Waals surface area contributed by atoms with Gasteiger partial charge in [-0.1, -0.05) is 41.9 Å². The van der Waals surface area contributed by atoms with Gasteiger partial charge in [-0.25, -0.2) is 0 Å². The Morgan fingerprint density at radius 1 is 1.00 bits per heavy atom. The van der Waals surface area contributed by atoms with Crippen molar-refractivity contribution in [2.45, 2.75) is 25.3 Å². The van der Waals surface area contributed by atoms with Gasteiger partial charge in [0.25, 0.3) is 5.69 Å². The Hall–Kier alpha value is -2.70. The van der Waals surface area contributed by atoms with E-state index in [0.29, 0.717) is 0 Å². The average molecular weight is 358 g/mol. The summed E-state index contributed by atoms with van der Waals surface area (Å²) in [7, 11) is 0. The first kappa shape index (κ1) is 16.8. The number of pyridine rings is 1. The lowest BCUT2D eigenvalue weighted by Crippen LogP contribution is -2.36. The normalized spacial score (nSPS) is 14.4. The van der Waals surface area contributed by atoms with Crippen LogP contribution in [0.4, 0.5) is 5.69 Å². The molecule has 0 fully saturated rings. The van der Waals surface area contributed by atoms with Crippen LogP contribution >= 0.6 is 11.8 Å². The van der Waals surface area contributed by atoms with Crippen LogP contribution in [0.1, 0.15) is 19.5 Å². The molecule has 2 heterocycles. The molecule has 2 aromatic carbocycles. The van der Waals surface area contributed by atoms with Crippen molar-refractivity contribution in [2.75, 3.05) is 11.4 Å². The first-order valence-electron chi connectivity index (χ1n) is 8.99. The van der Waals surface area contributed by atoms with Gasteiger partial charge >= 0.3 is 0 Å². The molecule has 0 spiro atoms. The number of rotatable bonds is 2. The lowest BCUT2D eigenvalue weighted by molar-refractivity contribution is -0.670. The van der Waals surface area contributed by atoms with Gasteiger partial charge in [0.1, 0.15) is 6.54 Å². The third-order valence-electron chi connectivity index (χ3n) is 4.60. The van der Waals surface area contributed by atoms with Crippen molar-refractivity contribution in [2.24, 2.45) is 0 Å². The fourth-order valence-electron chi connectivity index (χ4n) is 3.37. The fourth-order valence-corrected chi connectivity index (χ4v) is 4.48. The topological polar surface area (TPSA) is 7.12 Å². The molecule has 1 aliphatic heterocycles. The highest BCUT2D eigenvalue weighted by atomic mass is 32.2. The minimum absolute atomic E-state index is 0.906. The van der Waals surface area contributed by atoms with Crippen LogP contribution in [-0.2, 0) is 6.54 Å². The molecule has 0 aliphatic carbocycles. The second-order valence-electron chi connectivity index (χ2n) is 6.09. The van der Waals surface area contributed by atoms with Gasteiger partial charge < -0.3 is 4.90 Å². The number of anilines is 1. The molecule has 0 atom stereocenters. The van der Waals surface area contributed by atoms with Crippen LogP contribution in [0.25, 0.3) is 10.9 Å². The van der Waals surface area contributed by atoms with E-state index < -0.39 is 0 Å². The SMILES string of the molecule is CCN1/C(=C\C#Cc2ccc3ccccc3[n+]2CC)Sc2ccccc21. The summed E-state index contributed by atoms with van der Waals surface area (Å²) in [6, 6.07) is 21.3. The Labute approximate surface area is 159 Å².